The molecule has 0 atom stereocenters. The first kappa shape index (κ1) is 16.2. The summed E-state index contributed by atoms with van der Waals surface area (Å²) in [6.45, 7) is 0. The molecule has 0 bridgehead atoms. The number of aromatic hydroxyl groups is 1. The molecule has 0 aromatic heterocycles. The summed E-state index contributed by atoms with van der Waals surface area (Å²) in [7, 11) is -9.20. The Morgan fingerprint density at radius 2 is 1.55 bits per heavy atom. The summed E-state index contributed by atoms with van der Waals surface area (Å²) in [4.78, 5) is -1.25. The molecule has 0 radical (unpaired) electrons. The van der Waals surface area contributed by atoms with Crippen LogP contribution in [0.3, 0.4) is 0 Å². The zero-order chi connectivity index (χ0) is 16.7. The van der Waals surface area contributed by atoms with Crippen molar-refractivity contribution in [3.63, 3.8) is 0 Å². The lowest BCUT2D eigenvalue weighted by molar-refractivity contribution is 0.444. The normalized spacial score (nSPS) is 12.3. The first-order valence-corrected chi connectivity index (χ1v) is 8.56. The van der Waals surface area contributed by atoms with E-state index in [1.807, 2.05) is 0 Å². The Balaban J connectivity index is 2.77. The highest BCUT2D eigenvalue weighted by Gasteiger charge is 2.21. The van der Waals surface area contributed by atoms with Gasteiger partial charge in [-0.15, -0.1) is 0 Å². The number of rotatable bonds is 3. The average Bonchev–Trinajstić information content (AvgIpc) is 2.39. The molecule has 2 aromatic carbocycles. The monoisotopic (exact) mass is 345 g/mol. The summed E-state index contributed by atoms with van der Waals surface area (Å²) in [6, 6.07) is 6.86. The van der Waals surface area contributed by atoms with Gasteiger partial charge < -0.3 is 10.8 Å². The number of phenolic OH excluding ortho intramolecular Hbond substituents is 1. The van der Waals surface area contributed by atoms with Gasteiger partial charge in [0, 0.05) is 11.3 Å². The third-order valence-electron chi connectivity index (χ3n) is 2.82. The SMILES string of the molecule is Nc1cc(-c2cccc(S(=O)(=O)O)c2)c(O)c(S(=O)(=O)O)c1. The van der Waals surface area contributed by atoms with E-state index in [-0.39, 0.29) is 16.8 Å². The van der Waals surface area contributed by atoms with E-state index in [1.54, 1.807) is 0 Å². The van der Waals surface area contributed by atoms with Gasteiger partial charge in [-0.05, 0) is 29.8 Å². The van der Waals surface area contributed by atoms with E-state index in [4.69, 9.17) is 14.8 Å². The molecule has 0 spiro atoms. The minimum atomic E-state index is -4.72. The Hall–Kier alpha value is -2.14. The largest absolute Gasteiger partial charge is 0.506 e. The lowest BCUT2D eigenvalue weighted by atomic mass is 10.0. The van der Waals surface area contributed by atoms with Gasteiger partial charge in [-0.3, -0.25) is 9.11 Å². The molecule has 0 unspecified atom stereocenters. The first-order chi connectivity index (χ1) is 10.00. The Labute approximate surface area is 126 Å². The Kier molecular flexibility index (Phi) is 3.87. The maximum atomic E-state index is 11.2. The molecule has 5 N–H and O–H groups in total. The van der Waals surface area contributed by atoms with E-state index in [9.17, 15) is 21.9 Å². The number of nitrogens with two attached hydrogens (primary N) is 1. The molecule has 0 fully saturated rings. The Bertz CT molecular complexity index is 949. The highest BCUT2D eigenvalue weighted by molar-refractivity contribution is 7.86. The van der Waals surface area contributed by atoms with Crippen LogP contribution in [0.5, 0.6) is 5.75 Å². The Morgan fingerprint density at radius 1 is 0.909 bits per heavy atom. The molecule has 0 saturated carbocycles. The quantitative estimate of drug-likeness (QED) is 0.366. The van der Waals surface area contributed by atoms with E-state index >= 15 is 0 Å². The lowest BCUT2D eigenvalue weighted by Crippen LogP contribution is -2.02. The van der Waals surface area contributed by atoms with E-state index in [1.165, 1.54) is 18.2 Å². The lowest BCUT2D eigenvalue weighted by Gasteiger charge is -2.10. The van der Waals surface area contributed by atoms with Gasteiger partial charge in [0.1, 0.15) is 10.6 Å². The number of hydrogen-bond donors (Lipinski definition) is 4. The fourth-order valence-electron chi connectivity index (χ4n) is 1.87. The second-order valence-electron chi connectivity index (χ2n) is 4.39. The van der Waals surface area contributed by atoms with Crippen LogP contribution < -0.4 is 5.73 Å². The van der Waals surface area contributed by atoms with Crippen molar-refractivity contribution in [2.24, 2.45) is 0 Å². The predicted molar refractivity (Wildman–Crippen MR) is 77.6 cm³/mol. The highest BCUT2D eigenvalue weighted by atomic mass is 32.2. The molecule has 10 heteroatoms. The van der Waals surface area contributed by atoms with Gasteiger partial charge in [-0.25, -0.2) is 0 Å². The average molecular weight is 345 g/mol. The van der Waals surface area contributed by atoms with Crippen molar-refractivity contribution in [2.75, 3.05) is 5.73 Å². The minimum absolute atomic E-state index is 0.0716. The molecule has 0 amide bonds. The van der Waals surface area contributed by atoms with Crippen molar-refractivity contribution >= 4 is 25.9 Å². The van der Waals surface area contributed by atoms with Crippen LogP contribution in [-0.2, 0) is 20.2 Å². The second kappa shape index (κ2) is 5.25. The summed E-state index contributed by atoms with van der Waals surface area (Å²) in [5.74, 6) is -0.788. The molecule has 0 aliphatic rings. The van der Waals surface area contributed by atoms with Crippen LogP contribution in [0.2, 0.25) is 0 Å². The van der Waals surface area contributed by atoms with Crippen molar-refractivity contribution in [1.82, 2.24) is 0 Å². The van der Waals surface area contributed by atoms with E-state index in [2.05, 4.69) is 0 Å². The van der Waals surface area contributed by atoms with Crippen molar-refractivity contribution in [3.05, 3.63) is 36.4 Å². The van der Waals surface area contributed by atoms with Crippen molar-refractivity contribution in [2.45, 2.75) is 9.79 Å². The summed E-state index contributed by atoms with van der Waals surface area (Å²) in [5, 5.41) is 9.99. The number of nitrogen functional groups attached to an aromatic ring is 1. The zero-order valence-electron chi connectivity index (χ0n) is 10.8. The molecule has 118 valence electrons. The predicted octanol–water partition coefficient (Wildman–Crippen LogP) is 1.13. The molecule has 0 heterocycles. The minimum Gasteiger partial charge on any atom is -0.506 e. The van der Waals surface area contributed by atoms with E-state index in [0.29, 0.717) is 0 Å². The molecular formula is C12H11NO7S2. The fraction of sp³-hybridized carbons (Fsp3) is 0. The van der Waals surface area contributed by atoms with Crippen LogP contribution >= 0.6 is 0 Å². The maximum Gasteiger partial charge on any atom is 0.298 e. The third kappa shape index (κ3) is 3.20. The van der Waals surface area contributed by atoms with Crippen LogP contribution in [0.4, 0.5) is 5.69 Å². The van der Waals surface area contributed by atoms with Crippen molar-refractivity contribution < 1.29 is 31.0 Å². The van der Waals surface area contributed by atoms with Gasteiger partial charge in [0.05, 0.1) is 4.90 Å². The fourth-order valence-corrected chi connectivity index (χ4v) is 3.04. The number of benzene rings is 2. The maximum absolute atomic E-state index is 11.2. The van der Waals surface area contributed by atoms with Gasteiger partial charge in [-0.1, -0.05) is 12.1 Å². The third-order valence-corrected chi connectivity index (χ3v) is 4.53. The summed E-state index contributed by atoms with van der Waals surface area (Å²) in [5.41, 5.74) is 5.44. The van der Waals surface area contributed by atoms with Crippen LogP contribution in [0.1, 0.15) is 0 Å². The molecule has 2 rings (SSSR count). The van der Waals surface area contributed by atoms with Gasteiger partial charge >= 0.3 is 0 Å². The van der Waals surface area contributed by atoms with Gasteiger partial charge in [0.2, 0.25) is 0 Å². The number of anilines is 1. The molecule has 8 nitrogen and oxygen atoms in total. The van der Waals surface area contributed by atoms with E-state index < -0.39 is 35.8 Å². The van der Waals surface area contributed by atoms with E-state index in [0.717, 1.165) is 18.2 Å². The highest BCUT2D eigenvalue weighted by Crippen LogP contribution is 2.37. The van der Waals surface area contributed by atoms with Crippen LogP contribution in [0.15, 0.2) is 46.2 Å². The molecule has 0 aliphatic heterocycles. The molecule has 2 aromatic rings. The topological polar surface area (TPSA) is 155 Å². The van der Waals surface area contributed by atoms with Crippen LogP contribution in [0.25, 0.3) is 11.1 Å². The summed E-state index contributed by atoms with van der Waals surface area (Å²) < 4.78 is 62.8. The van der Waals surface area contributed by atoms with Crippen LogP contribution in [0, 0.1) is 0 Å². The summed E-state index contributed by atoms with van der Waals surface area (Å²) in [6.07, 6.45) is 0. The molecule has 0 aliphatic carbocycles. The van der Waals surface area contributed by atoms with Gasteiger partial charge in [0.25, 0.3) is 20.2 Å². The number of hydrogen-bond acceptors (Lipinski definition) is 6. The number of phenols is 1. The Morgan fingerprint density at radius 3 is 2.09 bits per heavy atom. The summed E-state index contributed by atoms with van der Waals surface area (Å²) >= 11 is 0. The molecule has 0 saturated heterocycles. The standard InChI is InChI=1S/C12H11NO7S2/c13-8-5-10(12(14)11(6-8)22(18,19)20)7-2-1-3-9(4-7)21(15,16)17/h1-6,14H,13H2,(H,15,16,17)(H,18,19,20). The smallest absolute Gasteiger partial charge is 0.298 e. The zero-order valence-corrected chi connectivity index (χ0v) is 12.5. The van der Waals surface area contributed by atoms with Crippen molar-refractivity contribution in [1.29, 1.82) is 0 Å². The van der Waals surface area contributed by atoms with Crippen molar-refractivity contribution in [3.8, 4) is 16.9 Å². The second-order valence-corrected chi connectivity index (χ2v) is 7.20. The first-order valence-electron chi connectivity index (χ1n) is 5.68. The molecular weight excluding hydrogens is 334 g/mol. The van der Waals surface area contributed by atoms with Gasteiger partial charge in [0.15, 0.2) is 0 Å². The van der Waals surface area contributed by atoms with Gasteiger partial charge in [-0.2, -0.15) is 16.8 Å². The molecule has 22 heavy (non-hydrogen) atoms. The van der Waals surface area contributed by atoms with Crippen LogP contribution in [-0.4, -0.2) is 31.0 Å².